The van der Waals surface area contributed by atoms with Gasteiger partial charge in [-0.15, -0.1) is 0 Å². The van der Waals surface area contributed by atoms with Crippen LogP contribution in [0.2, 0.25) is 0 Å². The summed E-state index contributed by atoms with van der Waals surface area (Å²) in [6.45, 7) is 0. The summed E-state index contributed by atoms with van der Waals surface area (Å²) in [6.07, 6.45) is 1.35. The molecule has 0 saturated heterocycles. The molecule has 0 aliphatic rings. The second kappa shape index (κ2) is 7.04. The maximum Gasteiger partial charge on any atom is 0.255 e. The van der Waals surface area contributed by atoms with Gasteiger partial charge in [-0.3, -0.25) is 4.72 Å². The standard InChI is InChI=1S/C15H16N2O5S2/c1-22-14-8-4-2-6-12(14)10-11-23(18,19)17-13-7-3-5-9-15(13)24(16,20)21/h2-11,17H,1H3,(H2,16,20,21). The summed E-state index contributed by atoms with van der Waals surface area (Å²) in [5, 5.41) is 6.00. The fourth-order valence-corrected chi connectivity index (χ4v) is 3.59. The first-order chi connectivity index (χ1) is 11.2. The topological polar surface area (TPSA) is 116 Å². The van der Waals surface area contributed by atoms with Crippen LogP contribution in [-0.2, 0) is 20.0 Å². The molecule has 0 aliphatic heterocycles. The highest BCUT2D eigenvalue weighted by molar-refractivity contribution is 7.95. The summed E-state index contributed by atoms with van der Waals surface area (Å²) in [5.74, 6) is 0.508. The second-order valence-electron chi connectivity index (χ2n) is 4.73. The van der Waals surface area contributed by atoms with E-state index in [2.05, 4.69) is 4.72 Å². The van der Waals surface area contributed by atoms with E-state index in [9.17, 15) is 16.8 Å². The van der Waals surface area contributed by atoms with Crippen LogP contribution in [-0.4, -0.2) is 23.9 Å². The monoisotopic (exact) mass is 368 g/mol. The number of rotatable bonds is 6. The Morgan fingerprint density at radius 1 is 1.00 bits per heavy atom. The fourth-order valence-electron chi connectivity index (χ4n) is 1.95. The van der Waals surface area contributed by atoms with Crippen LogP contribution in [0, 0.1) is 0 Å². The fraction of sp³-hybridized carbons (Fsp3) is 0.0667. The highest BCUT2D eigenvalue weighted by Gasteiger charge is 2.16. The molecule has 0 aliphatic carbocycles. The summed E-state index contributed by atoms with van der Waals surface area (Å²) in [6, 6.07) is 12.3. The lowest BCUT2D eigenvalue weighted by Crippen LogP contribution is -2.17. The maximum atomic E-state index is 12.2. The van der Waals surface area contributed by atoms with E-state index in [0.29, 0.717) is 11.3 Å². The SMILES string of the molecule is COc1ccccc1C=CS(=O)(=O)Nc1ccccc1S(N)(=O)=O. The predicted octanol–water partition coefficient (Wildman–Crippen LogP) is 1.76. The van der Waals surface area contributed by atoms with Crippen molar-refractivity contribution in [3.8, 4) is 5.75 Å². The van der Waals surface area contributed by atoms with Gasteiger partial charge < -0.3 is 4.74 Å². The van der Waals surface area contributed by atoms with Gasteiger partial charge in [0.1, 0.15) is 10.6 Å². The van der Waals surface area contributed by atoms with Crippen molar-refractivity contribution in [1.29, 1.82) is 0 Å². The third kappa shape index (κ3) is 4.57. The zero-order valence-electron chi connectivity index (χ0n) is 12.7. The van der Waals surface area contributed by atoms with E-state index >= 15 is 0 Å². The summed E-state index contributed by atoms with van der Waals surface area (Å²) in [7, 11) is -6.53. The Labute approximate surface area is 140 Å². The van der Waals surface area contributed by atoms with Gasteiger partial charge in [-0.2, -0.15) is 0 Å². The van der Waals surface area contributed by atoms with Crippen LogP contribution < -0.4 is 14.6 Å². The molecule has 24 heavy (non-hydrogen) atoms. The smallest absolute Gasteiger partial charge is 0.255 e. The summed E-state index contributed by atoms with van der Waals surface area (Å²) in [4.78, 5) is -0.306. The van der Waals surface area contributed by atoms with Crippen molar-refractivity contribution >= 4 is 31.8 Å². The molecule has 0 bridgehead atoms. The number of methoxy groups -OCH3 is 1. The molecule has 0 aromatic heterocycles. The number of anilines is 1. The number of sulfonamides is 2. The van der Waals surface area contributed by atoms with Crippen molar-refractivity contribution in [3.05, 3.63) is 59.5 Å². The van der Waals surface area contributed by atoms with Crippen LogP contribution >= 0.6 is 0 Å². The highest BCUT2D eigenvalue weighted by atomic mass is 32.2. The number of nitrogens with one attached hydrogen (secondary N) is 1. The lowest BCUT2D eigenvalue weighted by Gasteiger charge is -2.09. The lowest BCUT2D eigenvalue weighted by molar-refractivity contribution is 0.414. The van der Waals surface area contributed by atoms with Gasteiger partial charge in [0.05, 0.1) is 18.2 Å². The van der Waals surface area contributed by atoms with E-state index in [1.807, 2.05) is 0 Å². The van der Waals surface area contributed by atoms with Crippen molar-refractivity contribution in [2.24, 2.45) is 5.14 Å². The van der Waals surface area contributed by atoms with Gasteiger partial charge in [0, 0.05) is 5.56 Å². The Morgan fingerprint density at radius 2 is 1.62 bits per heavy atom. The van der Waals surface area contributed by atoms with Crippen LogP contribution in [0.4, 0.5) is 5.69 Å². The number of hydrogen-bond acceptors (Lipinski definition) is 5. The molecule has 3 N–H and O–H groups in total. The molecular formula is C15H16N2O5S2. The highest BCUT2D eigenvalue weighted by Crippen LogP contribution is 2.22. The minimum Gasteiger partial charge on any atom is -0.496 e. The summed E-state index contributed by atoms with van der Waals surface area (Å²) >= 11 is 0. The molecule has 0 spiro atoms. The number of benzene rings is 2. The molecule has 9 heteroatoms. The maximum absolute atomic E-state index is 12.2. The molecule has 128 valence electrons. The van der Waals surface area contributed by atoms with Crippen LogP contribution in [0.5, 0.6) is 5.75 Å². The van der Waals surface area contributed by atoms with Crippen molar-refractivity contribution in [2.75, 3.05) is 11.8 Å². The Balaban J connectivity index is 2.32. The quantitative estimate of drug-likeness (QED) is 0.806. The predicted molar refractivity (Wildman–Crippen MR) is 92.4 cm³/mol. The molecule has 2 rings (SSSR count). The molecule has 0 fully saturated rings. The minimum atomic E-state index is -4.05. The zero-order chi connectivity index (χ0) is 17.8. The first kappa shape index (κ1) is 18.0. The van der Waals surface area contributed by atoms with Gasteiger partial charge in [0.2, 0.25) is 10.0 Å². The van der Waals surface area contributed by atoms with E-state index in [0.717, 1.165) is 5.41 Å². The minimum absolute atomic E-state index is 0.121. The molecule has 2 aromatic carbocycles. The Bertz CT molecular complexity index is 967. The average molecular weight is 368 g/mol. The molecule has 7 nitrogen and oxygen atoms in total. The van der Waals surface area contributed by atoms with Crippen molar-refractivity contribution in [1.82, 2.24) is 0 Å². The lowest BCUT2D eigenvalue weighted by atomic mass is 10.2. The third-order valence-electron chi connectivity index (χ3n) is 3.01. The van der Waals surface area contributed by atoms with Crippen LogP contribution in [0.3, 0.4) is 0 Å². The summed E-state index contributed by atoms with van der Waals surface area (Å²) < 4.78 is 54.7. The molecular weight excluding hydrogens is 352 g/mol. The number of ether oxygens (including phenoxy) is 1. The van der Waals surface area contributed by atoms with Crippen molar-refractivity contribution in [3.63, 3.8) is 0 Å². The van der Waals surface area contributed by atoms with E-state index in [4.69, 9.17) is 9.88 Å². The largest absolute Gasteiger partial charge is 0.496 e. The molecule has 0 unspecified atom stereocenters. The Morgan fingerprint density at radius 3 is 2.29 bits per heavy atom. The summed E-state index contributed by atoms with van der Waals surface area (Å²) in [5.41, 5.74) is 0.440. The van der Waals surface area contributed by atoms with Gasteiger partial charge in [0.25, 0.3) is 10.0 Å². The molecule has 0 saturated carbocycles. The third-order valence-corrected chi connectivity index (χ3v) is 4.98. The van der Waals surface area contributed by atoms with Crippen molar-refractivity contribution in [2.45, 2.75) is 4.90 Å². The van der Waals surface area contributed by atoms with Gasteiger partial charge >= 0.3 is 0 Å². The number of para-hydroxylation sites is 2. The molecule has 0 atom stereocenters. The zero-order valence-corrected chi connectivity index (χ0v) is 14.3. The molecule has 0 amide bonds. The van der Waals surface area contributed by atoms with E-state index in [-0.39, 0.29) is 10.6 Å². The number of primary sulfonamides is 1. The first-order valence-electron chi connectivity index (χ1n) is 6.69. The van der Waals surface area contributed by atoms with Crippen LogP contribution in [0.25, 0.3) is 6.08 Å². The van der Waals surface area contributed by atoms with E-state index < -0.39 is 20.0 Å². The number of nitrogens with two attached hydrogens (primary N) is 1. The van der Waals surface area contributed by atoms with Gasteiger partial charge in [-0.25, -0.2) is 22.0 Å². The number of hydrogen-bond donors (Lipinski definition) is 2. The van der Waals surface area contributed by atoms with Gasteiger partial charge in [0.15, 0.2) is 0 Å². The Kier molecular flexibility index (Phi) is 5.27. The normalized spacial score (nSPS) is 12.2. The van der Waals surface area contributed by atoms with Crippen LogP contribution in [0.1, 0.15) is 5.56 Å². The molecule has 0 radical (unpaired) electrons. The molecule has 2 aromatic rings. The van der Waals surface area contributed by atoms with E-state index in [1.165, 1.54) is 37.5 Å². The van der Waals surface area contributed by atoms with Crippen LogP contribution in [0.15, 0.2) is 58.8 Å². The van der Waals surface area contributed by atoms with Gasteiger partial charge in [-0.05, 0) is 24.3 Å². The van der Waals surface area contributed by atoms with Gasteiger partial charge in [-0.1, -0.05) is 30.3 Å². The Hall–Kier alpha value is -2.36. The first-order valence-corrected chi connectivity index (χ1v) is 9.78. The van der Waals surface area contributed by atoms with Crippen molar-refractivity contribution < 1.29 is 21.6 Å². The molecule has 0 heterocycles. The second-order valence-corrected chi connectivity index (χ2v) is 7.83. The van der Waals surface area contributed by atoms with E-state index in [1.54, 1.807) is 24.3 Å². The average Bonchev–Trinajstić information content (AvgIpc) is 2.52.